The van der Waals surface area contributed by atoms with Gasteiger partial charge >= 0.3 is 0 Å². The standard InChI is InChI=1S/C18H26N2O2S/c1-6-10-22-16(18(2,3)4)13-9-7-8-12(15(13)21-5)14-11-23-17(19)20-14/h7-9,11,16H,6,10H2,1-5H3,(H2,19,20). The van der Waals surface area contributed by atoms with Crippen molar-refractivity contribution in [1.29, 1.82) is 0 Å². The summed E-state index contributed by atoms with van der Waals surface area (Å²) in [6.07, 6.45) is 0.935. The fraction of sp³-hybridized carbons (Fsp3) is 0.500. The van der Waals surface area contributed by atoms with Crippen molar-refractivity contribution >= 4 is 16.5 Å². The van der Waals surface area contributed by atoms with Crippen LogP contribution >= 0.6 is 11.3 Å². The third-order valence-electron chi connectivity index (χ3n) is 3.61. The number of hydrogen-bond donors (Lipinski definition) is 1. The highest BCUT2D eigenvalue weighted by Crippen LogP contribution is 2.44. The van der Waals surface area contributed by atoms with E-state index >= 15 is 0 Å². The molecule has 0 spiro atoms. The summed E-state index contributed by atoms with van der Waals surface area (Å²) in [5.74, 6) is 0.814. The normalized spacial score (nSPS) is 13.1. The summed E-state index contributed by atoms with van der Waals surface area (Å²) in [6.45, 7) is 9.38. The van der Waals surface area contributed by atoms with Gasteiger partial charge in [0.1, 0.15) is 5.75 Å². The van der Waals surface area contributed by atoms with Crippen LogP contribution in [0.15, 0.2) is 23.6 Å². The van der Waals surface area contributed by atoms with E-state index in [9.17, 15) is 0 Å². The number of nitrogens with two attached hydrogens (primary N) is 1. The minimum atomic E-state index is -0.0478. The lowest BCUT2D eigenvalue weighted by molar-refractivity contribution is -0.0208. The van der Waals surface area contributed by atoms with E-state index in [-0.39, 0.29) is 11.5 Å². The first-order chi connectivity index (χ1) is 10.9. The number of nitrogen functional groups attached to an aromatic ring is 1. The van der Waals surface area contributed by atoms with Gasteiger partial charge in [-0.15, -0.1) is 11.3 Å². The molecule has 1 heterocycles. The summed E-state index contributed by atoms with van der Waals surface area (Å²) < 4.78 is 11.9. The van der Waals surface area contributed by atoms with Gasteiger partial charge in [-0.25, -0.2) is 4.98 Å². The molecular formula is C18H26N2O2S. The zero-order valence-electron chi connectivity index (χ0n) is 14.6. The second-order valence-electron chi connectivity index (χ2n) is 6.62. The van der Waals surface area contributed by atoms with Crippen LogP contribution in [0.1, 0.15) is 45.8 Å². The minimum absolute atomic E-state index is 0.0395. The lowest BCUT2D eigenvalue weighted by Crippen LogP contribution is -2.22. The summed E-state index contributed by atoms with van der Waals surface area (Å²) in [6, 6.07) is 6.11. The molecule has 0 saturated carbocycles. The van der Waals surface area contributed by atoms with Gasteiger partial charge in [0.2, 0.25) is 0 Å². The van der Waals surface area contributed by atoms with Crippen LogP contribution in [0.5, 0.6) is 5.75 Å². The molecule has 126 valence electrons. The number of rotatable bonds is 6. The zero-order chi connectivity index (χ0) is 17.0. The molecule has 23 heavy (non-hydrogen) atoms. The Morgan fingerprint density at radius 1 is 1.30 bits per heavy atom. The molecule has 0 fully saturated rings. The lowest BCUT2D eigenvalue weighted by Gasteiger charge is -2.32. The average Bonchev–Trinajstić information content (AvgIpc) is 2.92. The first-order valence-corrected chi connectivity index (χ1v) is 8.76. The second kappa shape index (κ2) is 7.32. The Bertz CT molecular complexity index is 647. The van der Waals surface area contributed by atoms with Crippen molar-refractivity contribution < 1.29 is 9.47 Å². The third kappa shape index (κ3) is 4.03. The molecule has 5 heteroatoms. The van der Waals surface area contributed by atoms with E-state index in [0.717, 1.165) is 35.6 Å². The molecule has 2 rings (SSSR count). The van der Waals surface area contributed by atoms with E-state index in [2.05, 4.69) is 38.7 Å². The minimum Gasteiger partial charge on any atom is -0.496 e. The van der Waals surface area contributed by atoms with Crippen molar-refractivity contribution in [3.05, 3.63) is 29.1 Å². The molecule has 2 aromatic rings. The third-order valence-corrected chi connectivity index (χ3v) is 4.28. The fourth-order valence-corrected chi connectivity index (χ4v) is 3.21. The van der Waals surface area contributed by atoms with E-state index < -0.39 is 0 Å². The van der Waals surface area contributed by atoms with E-state index in [4.69, 9.17) is 15.2 Å². The Labute approximate surface area is 142 Å². The van der Waals surface area contributed by atoms with E-state index in [0.29, 0.717) is 5.13 Å². The first-order valence-electron chi connectivity index (χ1n) is 7.88. The quantitative estimate of drug-likeness (QED) is 0.815. The number of methoxy groups -OCH3 is 1. The van der Waals surface area contributed by atoms with E-state index in [1.165, 1.54) is 11.3 Å². The predicted octanol–water partition coefficient (Wildman–Crippen LogP) is 4.91. The fourth-order valence-electron chi connectivity index (χ4n) is 2.64. The van der Waals surface area contributed by atoms with E-state index in [1.54, 1.807) is 7.11 Å². The van der Waals surface area contributed by atoms with Crippen molar-refractivity contribution in [3.63, 3.8) is 0 Å². The largest absolute Gasteiger partial charge is 0.496 e. The molecule has 1 atom stereocenters. The summed E-state index contributed by atoms with van der Waals surface area (Å²) >= 11 is 1.43. The van der Waals surface area contributed by atoms with Crippen molar-refractivity contribution in [3.8, 4) is 17.0 Å². The maximum Gasteiger partial charge on any atom is 0.180 e. The van der Waals surface area contributed by atoms with Crippen LogP contribution in [0.2, 0.25) is 0 Å². The van der Waals surface area contributed by atoms with Gasteiger partial charge in [-0.05, 0) is 17.9 Å². The van der Waals surface area contributed by atoms with Crippen LogP contribution < -0.4 is 10.5 Å². The smallest absolute Gasteiger partial charge is 0.180 e. The highest BCUT2D eigenvalue weighted by Gasteiger charge is 2.30. The Morgan fingerprint density at radius 3 is 2.57 bits per heavy atom. The van der Waals surface area contributed by atoms with Gasteiger partial charge in [0.05, 0.1) is 18.9 Å². The van der Waals surface area contributed by atoms with Crippen LogP contribution in [-0.4, -0.2) is 18.7 Å². The van der Waals surface area contributed by atoms with Gasteiger partial charge in [-0.2, -0.15) is 0 Å². The number of para-hydroxylation sites is 1. The molecule has 0 aliphatic heterocycles. The maximum absolute atomic E-state index is 6.16. The molecule has 1 unspecified atom stereocenters. The molecule has 0 bridgehead atoms. The first kappa shape index (κ1) is 17.8. The van der Waals surface area contributed by atoms with Crippen molar-refractivity contribution in [2.45, 2.75) is 40.2 Å². The van der Waals surface area contributed by atoms with Crippen molar-refractivity contribution in [2.24, 2.45) is 5.41 Å². The Hall–Kier alpha value is -1.59. The number of hydrogen-bond acceptors (Lipinski definition) is 5. The summed E-state index contributed by atoms with van der Waals surface area (Å²) in [7, 11) is 1.69. The van der Waals surface area contributed by atoms with Crippen molar-refractivity contribution in [1.82, 2.24) is 4.98 Å². The second-order valence-corrected chi connectivity index (χ2v) is 7.51. The maximum atomic E-state index is 6.16. The topological polar surface area (TPSA) is 57.4 Å². The molecule has 0 saturated heterocycles. The Kier molecular flexibility index (Phi) is 5.65. The Balaban J connectivity index is 2.52. The van der Waals surface area contributed by atoms with Crippen LogP contribution in [0.3, 0.4) is 0 Å². The molecule has 0 aliphatic carbocycles. The van der Waals surface area contributed by atoms with Gasteiger partial charge in [-0.3, -0.25) is 0 Å². The number of nitrogens with zero attached hydrogens (tertiary/aromatic N) is 1. The molecular weight excluding hydrogens is 308 g/mol. The number of benzene rings is 1. The van der Waals surface area contributed by atoms with Crippen LogP contribution in [0.4, 0.5) is 5.13 Å². The molecule has 4 nitrogen and oxygen atoms in total. The summed E-state index contributed by atoms with van der Waals surface area (Å²) in [5, 5.41) is 2.51. The summed E-state index contributed by atoms with van der Waals surface area (Å²) in [5.41, 5.74) is 8.59. The SMILES string of the molecule is CCCOC(c1cccc(-c2csc(N)n2)c1OC)C(C)(C)C. The number of aromatic nitrogens is 1. The van der Waals surface area contributed by atoms with Gasteiger partial charge in [0.15, 0.2) is 5.13 Å². The molecule has 0 radical (unpaired) electrons. The molecule has 1 aromatic heterocycles. The van der Waals surface area contributed by atoms with Crippen LogP contribution in [0, 0.1) is 5.41 Å². The van der Waals surface area contributed by atoms with Crippen LogP contribution in [-0.2, 0) is 4.74 Å². The molecule has 0 amide bonds. The molecule has 2 N–H and O–H groups in total. The monoisotopic (exact) mass is 334 g/mol. The van der Waals surface area contributed by atoms with Gasteiger partial charge in [-0.1, -0.05) is 39.8 Å². The highest BCUT2D eigenvalue weighted by molar-refractivity contribution is 7.13. The van der Waals surface area contributed by atoms with Crippen LogP contribution in [0.25, 0.3) is 11.3 Å². The summed E-state index contributed by atoms with van der Waals surface area (Å²) in [4.78, 5) is 4.39. The van der Waals surface area contributed by atoms with Gasteiger partial charge in [0, 0.05) is 23.1 Å². The van der Waals surface area contributed by atoms with Crippen molar-refractivity contribution in [2.75, 3.05) is 19.5 Å². The average molecular weight is 334 g/mol. The highest BCUT2D eigenvalue weighted by atomic mass is 32.1. The van der Waals surface area contributed by atoms with Gasteiger partial charge < -0.3 is 15.2 Å². The number of ether oxygens (including phenoxy) is 2. The Morgan fingerprint density at radius 2 is 2.04 bits per heavy atom. The lowest BCUT2D eigenvalue weighted by atomic mass is 9.83. The zero-order valence-corrected chi connectivity index (χ0v) is 15.4. The number of thiazole rings is 1. The van der Waals surface area contributed by atoms with Gasteiger partial charge in [0.25, 0.3) is 0 Å². The van der Waals surface area contributed by atoms with E-state index in [1.807, 2.05) is 17.5 Å². The number of anilines is 1. The molecule has 0 aliphatic rings. The molecule has 1 aromatic carbocycles. The predicted molar refractivity (Wildman–Crippen MR) is 97.0 cm³/mol.